The van der Waals surface area contributed by atoms with Gasteiger partial charge in [-0.15, -0.1) is 0 Å². The van der Waals surface area contributed by atoms with Gasteiger partial charge in [-0.3, -0.25) is 0 Å². The molecule has 0 N–H and O–H groups in total. The van der Waals surface area contributed by atoms with Crippen molar-refractivity contribution >= 4 is 0 Å². The van der Waals surface area contributed by atoms with E-state index < -0.39 is 0 Å². The molecule has 84 valence electrons. The van der Waals surface area contributed by atoms with Crippen LogP contribution in [0.2, 0.25) is 0 Å². The largest absolute Gasteiger partial charge is 0.337 e. The zero-order valence-corrected chi connectivity index (χ0v) is 9.60. The molecule has 3 nitrogen and oxygen atoms in total. The second kappa shape index (κ2) is 5.31. The number of aryl methyl sites for hydroxylation is 1. The van der Waals surface area contributed by atoms with Gasteiger partial charge in [0, 0.05) is 25.5 Å². The first-order valence-electron chi connectivity index (χ1n) is 5.99. The molecule has 0 radical (unpaired) electrons. The Morgan fingerprint density at radius 2 is 2.33 bits per heavy atom. The second-order valence-electron chi connectivity index (χ2n) is 4.71. The minimum Gasteiger partial charge on any atom is -0.337 e. The van der Waals surface area contributed by atoms with E-state index in [4.69, 9.17) is 0 Å². The predicted molar refractivity (Wildman–Crippen MR) is 61.7 cm³/mol. The summed E-state index contributed by atoms with van der Waals surface area (Å²) in [5, 5.41) is 0. The lowest BCUT2D eigenvalue weighted by molar-refractivity contribution is 0.202. The molecule has 1 heterocycles. The molecule has 0 aromatic carbocycles. The highest BCUT2D eigenvalue weighted by Gasteiger charge is 2.18. The first kappa shape index (κ1) is 10.7. The number of imidazole rings is 1. The minimum atomic E-state index is 0.989. The van der Waals surface area contributed by atoms with Gasteiger partial charge in [-0.1, -0.05) is 6.42 Å². The number of hydrogen-bond donors (Lipinski definition) is 0. The Balaban J connectivity index is 1.56. The van der Waals surface area contributed by atoms with Crippen LogP contribution in [0.1, 0.15) is 25.7 Å². The summed E-state index contributed by atoms with van der Waals surface area (Å²) in [6.45, 7) is 3.59. The molecule has 0 saturated heterocycles. The Morgan fingerprint density at radius 1 is 1.47 bits per heavy atom. The first-order valence-corrected chi connectivity index (χ1v) is 5.99. The average molecular weight is 207 g/mol. The molecule has 0 unspecified atom stereocenters. The van der Waals surface area contributed by atoms with Gasteiger partial charge >= 0.3 is 0 Å². The molecule has 1 aromatic rings. The van der Waals surface area contributed by atoms with E-state index in [1.54, 1.807) is 0 Å². The zero-order chi connectivity index (χ0) is 10.5. The highest BCUT2D eigenvalue weighted by molar-refractivity contribution is 4.75. The van der Waals surface area contributed by atoms with Crippen molar-refractivity contribution in [3.05, 3.63) is 18.7 Å². The molecular formula is C12H21N3. The summed E-state index contributed by atoms with van der Waals surface area (Å²) in [7, 11) is 2.24. The lowest BCUT2D eigenvalue weighted by atomic mass is 9.85. The van der Waals surface area contributed by atoms with Crippen LogP contribution in [0.3, 0.4) is 0 Å². The predicted octanol–water partition coefficient (Wildman–Crippen LogP) is 2.01. The van der Waals surface area contributed by atoms with Gasteiger partial charge in [0.2, 0.25) is 0 Å². The van der Waals surface area contributed by atoms with Gasteiger partial charge in [-0.2, -0.15) is 0 Å². The van der Waals surface area contributed by atoms with E-state index >= 15 is 0 Å². The average Bonchev–Trinajstić information content (AvgIpc) is 2.64. The van der Waals surface area contributed by atoms with Crippen molar-refractivity contribution < 1.29 is 0 Å². The molecule has 0 aliphatic heterocycles. The molecule has 0 spiro atoms. The van der Waals surface area contributed by atoms with E-state index in [0.29, 0.717) is 0 Å². The summed E-state index contributed by atoms with van der Waals surface area (Å²) in [6, 6.07) is 0. The van der Waals surface area contributed by atoms with Crippen molar-refractivity contribution in [2.75, 3.05) is 20.1 Å². The van der Waals surface area contributed by atoms with Crippen molar-refractivity contribution in [2.45, 2.75) is 32.2 Å². The van der Waals surface area contributed by atoms with Crippen LogP contribution >= 0.6 is 0 Å². The van der Waals surface area contributed by atoms with Gasteiger partial charge in [0.05, 0.1) is 6.33 Å². The summed E-state index contributed by atoms with van der Waals surface area (Å²) >= 11 is 0. The monoisotopic (exact) mass is 207 g/mol. The lowest BCUT2D eigenvalue weighted by Crippen LogP contribution is -2.30. The number of aromatic nitrogens is 2. The molecular weight excluding hydrogens is 186 g/mol. The maximum Gasteiger partial charge on any atom is 0.0945 e. The van der Waals surface area contributed by atoms with E-state index in [9.17, 15) is 0 Å². The smallest absolute Gasteiger partial charge is 0.0945 e. The van der Waals surface area contributed by atoms with Crippen LogP contribution in [0.5, 0.6) is 0 Å². The van der Waals surface area contributed by atoms with Gasteiger partial charge in [-0.25, -0.2) is 4.98 Å². The molecule has 0 amide bonds. The number of hydrogen-bond acceptors (Lipinski definition) is 2. The van der Waals surface area contributed by atoms with Crippen molar-refractivity contribution in [3.8, 4) is 0 Å². The fourth-order valence-corrected chi connectivity index (χ4v) is 2.15. The van der Waals surface area contributed by atoms with Gasteiger partial charge < -0.3 is 9.47 Å². The highest BCUT2D eigenvalue weighted by Crippen LogP contribution is 2.26. The summed E-state index contributed by atoms with van der Waals surface area (Å²) < 4.78 is 2.15. The Kier molecular flexibility index (Phi) is 3.78. The molecule has 1 fully saturated rings. The fraction of sp³-hybridized carbons (Fsp3) is 0.750. The molecule has 1 aromatic heterocycles. The summed E-state index contributed by atoms with van der Waals surface area (Å²) in [6.07, 6.45) is 11.3. The maximum atomic E-state index is 4.04. The minimum absolute atomic E-state index is 0.989. The van der Waals surface area contributed by atoms with Gasteiger partial charge in [0.25, 0.3) is 0 Å². The Morgan fingerprint density at radius 3 is 2.93 bits per heavy atom. The van der Waals surface area contributed by atoms with Crippen molar-refractivity contribution in [2.24, 2.45) is 5.92 Å². The van der Waals surface area contributed by atoms with Crippen LogP contribution in [0.25, 0.3) is 0 Å². The zero-order valence-electron chi connectivity index (χ0n) is 9.60. The van der Waals surface area contributed by atoms with E-state index in [1.807, 2.05) is 18.7 Å². The molecule has 1 aliphatic rings. The molecule has 0 bridgehead atoms. The van der Waals surface area contributed by atoms with Crippen molar-refractivity contribution in [1.29, 1.82) is 0 Å². The Bertz CT molecular complexity index is 264. The van der Waals surface area contributed by atoms with Gasteiger partial charge in [0.1, 0.15) is 0 Å². The normalized spacial score (nSPS) is 16.9. The molecule has 1 saturated carbocycles. The number of nitrogens with zero attached hydrogens (tertiary/aromatic N) is 3. The van der Waals surface area contributed by atoms with E-state index in [-0.39, 0.29) is 0 Å². The summed E-state index contributed by atoms with van der Waals surface area (Å²) in [5.74, 6) is 0.989. The fourth-order valence-electron chi connectivity index (χ4n) is 2.15. The van der Waals surface area contributed by atoms with E-state index in [0.717, 1.165) is 12.5 Å². The van der Waals surface area contributed by atoms with Crippen LogP contribution in [0.15, 0.2) is 18.7 Å². The van der Waals surface area contributed by atoms with Crippen molar-refractivity contribution in [3.63, 3.8) is 0 Å². The van der Waals surface area contributed by atoms with Crippen LogP contribution in [0, 0.1) is 5.92 Å². The molecule has 1 aliphatic carbocycles. The van der Waals surface area contributed by atoms with Gasteiger partial charge in [-0.05, 0) is 38.8 Å². The highest BCUT2D eigenvalue weighted by atomic mass is 15.1. The molecule has 0 atom stereocenters. The number of rotatable bonds is 6. The third kappa shape index (κ3) is 3.34. The first-order chi connectivity index (χ1) is 7.34. The van der Waals surface area contributed by atoms with E-state index in [1.165, 1.54) is 38.8 Å². The third-order valence-corrected chi connectivity index (χ3v) is 3.31. The van der Waals surface area contributed by atoms with Crippen molar-refractivity contribution in [1.82, 2.24) is 14.5 Å². The molecule has 15 heavy (non-hydrogen) atoms. The molecule has 2 rings (SSSR count). The van der Waals surface area contributed by atoms with Crippen LogP contribution < -0.4 is 0 Å². The van der Waals surface area contributed by atoms with Gasteiger partial charge in [0.15, 0.2) is 0 Å². The second-order valence-corrected chi connectivity index (χ2v) is 4.71. The van der Waals surface area contributed by atoms with Crippen LogP contribution in [-0.2, 0) is 6.54 Å². The summed E-state index contributed by atoms with van der Waals surface area (Å²) in [4.78, 5) is 6.51. The van der Waals surface area contributed by atoms with E-state index in [2.05, 4.69) is 21.5 Å². The Labute approximate surface area is 92.1 Å². The van der Waals surface area contributed by atoms with Crippen LogP contribution in [0.4, 0.5) is 0 Å². The standard InChI is InChI=1S/C12H21N3/c1-14(10-12-4-2-5-12)7-3-8-15-9-6-13-11-15/h6,9,11-12H,2-5,7-8,10H2,1H3. The Hall–Kier alpha value is -0.830. The SMILES string of the molecule is CN(CCCn1ccnc1)CC1CCC1. The van der Waals surface area contributed by atoms with Crippen LogP contribution in [-0.4, -0.2) is 34.6 Å². The maximum absolute atomic E-state index is 4.04. The lowest BCUT2D eigenvalue weighted by Gasteiger charge is -2.30. The summed E-state index contributed by atoms with van der Waals surface area (Å²) in [5.41, 5.74) is 0. The molecule has 3 heteroatoms. The topological polar surface area (TPSA) is 21.1 Å². The quantitative estimate of drug-likeness (QED) is 0.711. The third-order valence-electron chi connectivity index (χ3n) is 3.31.